The number of carbonyl (C=O) groups is 3. The van der Waals surface area contributed by atoms with Crippen LogP contribution in [0.15, 0.2) is 65.0 Å². The summed E-state index contributed by atoms with van der Waals surface area (Å²) in [5, 5.41) is 15.7. The minimum Gasteiger partial charge on any atom is -0.495 e. The molecule has 5 rings (SSSR count). The molecule has 3 N–H and O–H groups in total. The molecule has 2 amide bonds. The number of benzene rings is 2. The van der Waals surface area contributed by atoms with E-state index in [0.29, 0.717) is 34.2 Å². The molecular formula is C30H31N3O6. The van der Waals surface area contributed by atoms with E-state index in [1.807, 2.05) is 30.3 Å². The fourth-order valence-corrected chi connectivity index (χ4v) is 5.72. The molecule has 0 radical (unpaired) electrons. The third-order valence-electron chi connectivity index (χ3n) is 7.53. The van der Waals surface area contributed by atoms with Gasteiger partial charge in [0.25, 0.3) is 11.5 Å². The van der Waals surface area contributed by atoms with Crippen LogP contribution >= 0.6 is 0 Å². The van der Waals surface area contributed by atoms with E-state index >= 15 is 0 Å². The Bertz CT molecular complexity index is 1520. The van der Waals surface area contributed by atoms with Crippen molar-refractivity contribution in [3.8, 4) is 0 Å². The highest BCUT2D eigenvalue weighted by Crippen LogP contribution is 2.36. The SMILES string of the molecule is COC1=C(C(=O)NC2CCCC(NC(=O)CO)C2)Cc2c1c(=O)n(CC(=O)c1ccccc1)c1ccccc21. The van der Waals surface area contributed by atoms with Gasteiger partial charge in [-0.2, -0.15) is 0 Å². The third kappa shape index (κ3) is 5.22. The van der Waals surface area contributed by atoms with E-state index in [1.165, 1.54) is 11.7 Å². The lowest BCUT2D eigenvalue weighted by Gasteiger charge is -2.30. The predicted molar refractivity (Wildman–Crippen MR) is 146 cm³/mol. The number of nitrogens with one attached hydrogen (secondary N) is 2. The number of aliphatic hydroxyl groups is 1. The second-order valence-corrected chi connectivity index (χ2v) is 10.00. The molecule has 2 aliphatic carbocycles. The molecule has 39 heavy (non-hydrogen) atoms. The number of carbonyl (C=O) groups excluding carboxylic acids is 3. The highest BCUT2D eigenvalue weighted by molar-refractivity contribution is 6.05. The maximum Gasteiger partial charge on any atom is 0.262 e. The second kappa shape index (κ2) is 11.2. The van der Waals surface area contributed by atoms with Crippen molar-refractivity contribution in [3.63, 3.8) is 0 Å². The number of hydrogen-bond donors (Lipinski definition) is 3. The summed E-state index contributed by atoms with van der Waals surface area (Å²) in [4.78, 5) is 52.0. The number of ether oxygens (including phenoxy) is 1. The van der Waals surface area contributed by atoms with E-state index < -0.39 is 12.5 Å². The molecule has 202 valence electrons. The van der Waals surface area contributed by atoms with Crippen LogP contribution in [0.3, 0.4) is 0 Å². The first kappa shape index (κ1) is 26.4. The first-order valence-corrected chi connectivity index (χ1v) is 13.1. The molecule has 1 heterocycles. The normalized spacial score (nSPS) is 18.5. The number of rotatable bonds is 8. The summed E-state index contributed by atoms with van der Waals surface area (Å²) < 4.78 is 7.12. The van der Waals surface area contributed by atoms with Gasteiger partial charge in [-0.05, 0) is 37.3 Å². The van der Waals surface area contributed by atoms with Crippen LogP contribution in [0.5, 0.6) is 0 Å². The first-order valence-electron chi connectivity index (χ1n) is 13.1. The van der Waals surface area contributed by atoms with E-state index in [-0.39, 0.29) is 48.1 Å². The van der Waals surface area contributed by atoms with E-state index in [9.17, 15) is 19.2 Å². The number of Topliss-reactive ketones (excluding diaryl/α,β-unsaturated/α-hetero) is 1. The van der Waals surface area contributed by atoms with E-state index in [2.05, 4.69) is 10.6 Å². The van der Waals surface area contributed by atoms with Crippen molar-refractivity contribution in [2.24, 2.45) is 0 Å². The largest absolute Gasteiger partial charge is 0.495 e. The lowest BCUT2D eigenvalue weighted by atomic mass is 9.90. The van der Waals surface area contributed by atoms with Gasteiger partial charge >= 0.3 is 0 Å². The number of hydrogen-bond acceptors (Lipinski definition) is 6. The van der Waals surface area contributed by atoms with Crippen molar-refractivity contribution >= 4 is 34.3 Å². The van der Waals surface area contributed by atoms with Crippen LogP contribution in [0.1, 0.15) is 47.2 Å². The molecular weight excluding hydrogens is 498 g/mol. The van der Waals surface area contributed by atoms with E-state index in [1.54, 1.807) is 24.3 Å². The number of ketones is 1. The number of para-hydroxylation sites is 1. The summed E-state index contributed by atoms with van der Waals surface area (Å²) in [7, 11) is 1.44. The minimum absolute atomic E-state index is 0.126. The topological polar surface area (TPSA) is 127 Å². The van der Waals surface area contributed by atoms with Crippen LogP contribution in [0.4, 0.5) is 0 Å². The number of aromatic nitrogens is 1. The smallest absolute Gasteiger partial charge is 0.262 e. The molecule has 1 saturated carbocycles. The lowest BCUT2D eigenvalue weighted by Crippen LogP contribution is -2.46. The third-order valence-corrected chi connectivity index (χ3v) is 7.53. The Kier molecular flexibility index (Phi) is 7.60. The van der Waals surface area contributed by atoms with Crippen molar-refractivity contribution in [3.05, 3.63) is 87.2 Å². The van der Waals surface area contributed by atoms with Crippen LogP contribution in [0.25, 0.3) is 16.7 Å². The summed E-state index contributed by atoms with van der Waals surface area (Å²) in [6, 6.07) is 15.9. The maximum absolute atomic E-state index is 13.8. The number of nitrogens with zero attached hydrogens (tertiary/aromatic N) is 1. The van der Waals surface area contributed by atoms with Crippen molar-refractivity contribution < 1.29 is 24.2 Å². The molecule has 2 aromatic carbocycles. The molecule has 1 aromatic heterocycles. The van der Waals surface area contributed by atoms with Gasteiger partial charge in [0.1, 0.15) is 12.4 Å². The average molecular weight is 530 g/mol. The fraction of sp³-hybridized carbons (Fsp3) is 0.333. The van der Waals surface area contributed by atoms with Gasteiger partial charge in [-0.1, -0.05) is 48.5 Å². The Hall–Kier alpha value is -4.24. The first-order chi connectivity index (χ1) is 18.9. The van der Waals surface area contributed by atoms with Crippen LogP contribution < -0.4 is 16.2 Å². The average Bonchev–Trinajstić information content (AvgIpc) is 3.36. The maximum atomic E-state index is 13.8. The van der Waals surface area contributed by atoms with Gasteiger partial charge in [0, 0.05) is 29.5 Å². The van der Waals surface area contributed by atoms with Crippen LogP contribution in [-0.2, 0) is 27.3 Å². The van der Waals surface area contributed by atoms with Crippen LogP contribution in [-0.4, -0.2) is 53.1 Å². The highest BCUT2D eigenvalue weighted by atomic mass is 16.5. The Morgan fingerprint density at radius 2 is 1.69 bits per heavy atom. The van der Waals surface area contributed by atoms with E-state index in [4.69, 9.17) is 9.84 Å². The summed E-state index contributed by atoms with van der Waals surface area (Å²) in [5.41, 5.74) is 2.13. The molecule has 0 spiro atoms. The highest BCUT2D eigenvalue weighted by Gasteiger charge is 2.34. The standard InChI is InChI=1S/C30H31N3O6/c1-39-28-23(29(37)32-20-11-7-10-19(14-20)31-26(36)17-34)15-22-21-12-5-6-13-24(21)33(30(38)27(22)28)16-25(35)18-8-3-2-4-9-18/h2-6,8-9,12-13,19-20,34H,7,10-11,14-17H2,1H3,(H,31,36)(H,32,37). The number of amides is 2. The monoisotopic (exact) mass is 529 g/mol. The Morgan fingerprint density at radius 3 is 2.41 bits per heavy atom. The molecule has 3 aromatic rings. The zero-order chi connectivity index (χ0) is 27.5. The van der Waals surface area contributed by atoms with Gasteiger partial charge in [-0.25, -0.2) is 0 Å². The van der Waals surface area contributed by atoms with Crippen LogP contribution in [0.2, 0.25) is 0 Å². The quantitative estimate of drug-likeness (QED) is 0.385. The summed E-state index contributed by atoms with van der Waals surface area (Å²) in [6.07, 6.45) is 3.14. The summed E-state index contributed by atoms with van der Waals surface area (Å²) in [5.74, 6) is -0.726. The molecule has 0 aliphatic heterocycles. The molecule has 9 nitrogen and oxygen atoms in total. The van der Waals surface area contributed by atoms with Crippen molar-refractivity contribution in [1.82, 2.24) is 15.2 Å². The molecule has 0 saturated heterocycles. The summed E-state index contributed by atoms with van der Waals surface area (Å²) >= 11 is 0. The molecule has 9 heteroatoms. The van der Waals surface area contributed by atoms with Gasteiger partial charge in [0.15, 0.2) is 5.78 Å². The number of fused-ring (bicyclic) bond motifs is 3. The molecule has 1 fully saturated rings. The van der Waals surface area contributed by atoms with Gasteiger partial charge in [-0.3, -0.25) is 23.7 Å². The minimum atomic E-state index is -0.571. The Balaban J connectivity index is 1.46. The lowest BCUT2D eigenvalue weighted by molar-refractivity contribution is -0.124. The van der Waals surface area contributed by atoms with Crippen molar-refractivity contribution in [2.45, 2.75) is 50.7 Å². The Labute approximate surface area is 225 Å². The van der Waals surface area contributed by atoms with Crippen molar-refractivity contribution in [1.29, 1.82) is 0 Å². The zero-order valence-electron chi connectivity index (χ0n) is 21.7. The predicted octanol–water partition coefficient (Wildman–Crippen LogP) is 2.33. The van der Waals surface area contributed by atoms with Crippen LogP contribution in [0, 0.1) is 0 Å². The van der Waals surface area contributed by atoms with Gasteiger partial charge < -0.3 is 20.5 Å². The van der Waals surface area contributed by atoms with E-state index in [0.717, 1.165) is 24.6 Å². The van der Waals surface area contributed by atoms with Gasteiger partial charge in [0.2, 0.25) is 5.91 Å². The number of pyridine rings is 1. The second-order valence-electron chi connectivity index (χ2n) is 10.00. The zero-order valence-corrected chi connectivity index (χ0v) is 21.7. The number of methoxy groups -OCH3 is 1. The molecule has 2 aliphatic rings. The molecule has 2 atom stereocenters. The van der Waals surface area contributed by atoms with Gasteiger partial charge in [-0.15, -0.1) is 0 Å². The fourth-order valence-electron chi connectivity index (χ4n) is 5.72. The summed E-state index contributed by atoms with van der Waals surface area (Å²) in [6.45, 7) is -0.712. The van der Waals surface area contributed by atoms with Gasteiger partial charge in [0.05, 0.1) is 30.3 Å². The number of aliphatic hydroxyl groups excluding tert-OH is 1. The molecule has 2 unspecified atom stereocenters. The van der Waals surface area contributed by atoms with Crippen molar-refractivity contribution in [2.75, 3.05) is 13.7 Å². The Morgan fingerprint density at radius 1 is 1.00 bits per heavy atom. The molecule has 0 bridgehead atoms.